The first kappa shape index (κ1) is 27.6. The summed E-state index contributed by atoms with van der Waals surface area (Å²) in [6.07, 6.45) is 18.4. The van der Waals surface area contributed by atoms with Crippen LogP contribution in [0, 0.1) is 13.8 Å². The SMILES string of the molecule is CCCCCCCCCCCCc1ccc(-c2nc(-c3ccc(C)cn3)nc(-c3ccc(C)cn3)n2)cc1. The first-order valence-electron chi connectivity index (χ1n) is 14.3. The second-order valence-corrected chi connectivity index (χ2v) is 10.4. The zero-order chi connectivity index (χ0) is 26.6. The lowest BCUT2D eigenvalue weighted by Gasteiger charge is -2.09. The van der Waals surface area contributed by atoms with Crippen LogP contribution in [0.3, 0.4) is 0 Å². The zero-order valence-corrected chi connectivity index (χ0v) is 23.3. The first-order valence-corrected chi connectivity index (χ1v) is 14.3. The molecule has 0 amide bonds. The van der Waals surface area contributed by atoms with E-state index in [4.69, 9.17) is 15.0 Å². The van der Waals surface area contributed by atoms with Crippen LogP contribution in [0.25, 0.3) is 34.4 Å². The van der Waals surface area contributed by atoms with E-state index in [0.717, 1.165) is 34.5 Å². The summed E-state index contributed by atoms with van der Waals surface area (Å²) in [6, 6.07) is 16.6. The van der Waals surface area contributed by atoms with Crippen LogP contribution in [0.4, 0.5) is 0 Å². The van der Waals surface area contributed by atoms with Gasteiger partial charge in [-0.3, -0.25) is 9.97 Å². The maximum absolute atomic E-state index is 4.79. The molecule has 0 saturated carbocycles. The molecular weight excluding hydrogens is 466 g/mol. The van der Waals surface area contributed by atoms with Gasteiger partial charge in [0.2, 0.25) is 0 Å². The van der Waals surface area contributed by atoms with Crippen molar-refractivity contribution in [2.75, 3.05) is 0 Å². The lowest BCUT2D eigenvalue weighted by molar-refractivity contribution is 0.556. The van der Waals surface area contributed by atoms with Gasteiger partial charge in [0.15, 0.2) is 17.5 Å². The normalized spacial score (nSPS) is 11.1. The number of rotatable bonds is 14. The maximum Gasteiger partial charge on any atom is 0.182 e. The van der Waals surface area contributed by atoms with Crippen LogP contribution < -0.4 is 0 Å². The van der Waals surface area contributed by atoms with Crippen molar-refractivity contribution in [2.24, 2.45) is 0 Å². The number of hydrogen-bond acceptors (Lipinski definition) is 5. The van der Waals surface area contributed by atoms with Crippen LogP contribution in [-0.2, 0) is 6.42 Å². The monoisotopic (exact) mass is 507 g/mol. The van der Waals surface area contributed by atoms with E-state index in [1.54, 1.807) is 0 Å². The lowest BCUT2D eigenvalue weighted by atomic mass is 10.0. The minimum atomic E-state index is 0.557. The minimum Gasteiger partial charge on any atom is -0.253 e. The third-order valence-electron chi connectivity index (χ3n) is 6.95. The van der Waals surface area contributed by atoms with Gasteiger partial charge < -0.3 is 0 Å². The smallest absolute Gasteiger partial charge is 0.182 e. The van der Waals surface area contributed by atoms with E-state index in [-0.39, 0.29) is 0 Å². The van der Waals surface area contributed by atoms with Crippen molar-refractivity contribution in [1.29, 1.82) is 0 Å². The van der Waals surface area contributed by atoms with Gasteiger partial charge in [-0.1, -0.05) is 101 Å². The van der Waals surface area contributed by atoms with Crippen LogP contribution in [0.2, 0.25) is 0 Å². The number of nitrogens with zero attached hydrogens (tertiary/aromatic N) is 5. The summed E-state index contributed by atoms with van der Waals surface area (Å²) < 4.78 is 0. The quantitative estimate of drug-likeness (QED) is 0.160. The number of hydrogen-bond donors (Lipinski definition) is 0. The molecule has 4 aromatic rings. The summed E-state index contributed by atoms with van der Waals surface area (Å²) in [7, 11) is 0. The van der Waals surface area contributed by atoms with Gasteiger partial charge in [0.1, 0.15) is 11.4 Å². The summed E-state index contributed by atoms with van der Waals surface area (Å²) in [5, 5.41) is 0. The Balaban J connectivity index is 1.40. The highest BCUT2D eigenvalue weighted by molar-refractivity contribution is 5.63. The molecule has 38 heavy (non-hydrogen) atoms. The fraction of sp³-hybridized carbons (Fsp3) is 0.424. The van der Waals surface area contributed by atoms with Crippen molar-refractivity contribution in [1.82, 2.24) is 24.9 Å². The summed E-state index contributed by atoms with van der Waals surface area (Å²) in [6.45, 7) is 6.32. The molecule has 0 saturated heterocycles. The summed E-state index contributed by atoms with van der Waals surface area (Å²) in [5.74, 6) is 1.75. The van der Waals surface area contributed by atoms with Crippen LogP contribution in [0.5, 0.6) is 0 Å². The molecule has 1 aromatic carbocycles. The molecule has 0 aliphatic heterocycles. The van der Waals surface area contributed by atoms with E-state index in [1.165, 1.54) is 69.8 Å². The fourth-order valence-electron chi connectivity index (χ4n) is 4.57. The van der Waals surface area contributed by atoms with Gasteiger partial charge in [-0.25, -0.2) is 15.0 Å². The Morgan fingerprint density at radius 3 is 1.45 bits per heavy atom. The van der Waals surface area contributed by atoms with Gasteiger partial charge in [-0.2, -0.15) is 0 Å². The predicted octanol–water partition coefficient (Wildman–Crippen LogP) is 8.74. The molecule has 3 heterocycles. The van der Waals surface area contributed by atoms with Crippen LogP contribution in [0.15, 0.2) is 60.9 Å². The molecule has 4 rings (SSSR count). The Labute approximate surface area is 228 Å². The average Bonchev–Trinajstić information content (AvgIpc) is 2.95. The highest BCUT2D eigenvalue weighted by Gasteiger charge is 2.13. The molecule has 0 radical (unpaired) electrons. The lowest BCUT2D eigenvalue weighted by Crippen LogP contribution is -2.02. The topological polar surface area (TPSA) is 64.5 Å². The number of unbranched alkanes of at least 4 members (excludes halogenated alkanes) is 9. The second kappa shape index (κ2) is 14.5. The summed E-state index contributed by atoms with van der Waals surface area (Å²) in [5.41, 5.74) is 5.99. The van der Waals surface area contributed by atoms with Crippen molar-refractivity contribution >= 4 is 0 Å². The van der Waals surface area contributed by atoms with E-state index in [0.29, 0.717) is 17.5 Å². The van der Waals surface area contributed by atoms with Crippen molar-refractivity contribution in [3.8, 4) is 34.4 Å². The number of benzene rings is 1. The molecule has 0 aliphatic carbocycles. The molecule has 5 nitrogen and oxygen atoms in total. The van der Waals surface area contributed by atoms with Gasteiger partial charge in [0.05, 0.1) is 0 Å². The Morgan fingerprint density at radius 2 is 0.974 bits per heavy atom. The van der Waals surface area contributed by atoms with Gasteiger partial charge in [0, 0.05) is 18.0 Å². The molecular formula is C33H41N5. The summed E-state index contributed by atoms with van der Waals surface area (Å²) in [4.78, 5) is 23.4. The van der Waals surface area contributed by atoms with Gasteiger partial charge >= 0.3 is 0 Å². The third-order valence-corrected chi connectivity index (χ3v) is 6.95. The van der Waals surface area contributed by atoms with E-state index in [2.05, 4.69) is 41.2 Å². The highest BCUT2D eigenvalue weighted by Crippen LogP contribution is 2.24. The predicted molar refractivity (Wildman–Crippen MR) is 157 cm³/mol. The van der Waals surface area contributed by atoms with Gasteiger partial charge in [-0.15, -0.1) is 0 Å². The van der Waals surface area contributed by atoms with Crippen molar-refractivity contribution in [2.45, 2.75) is 91.4 Å². The molecule has 0 spiro atoms. The molecule has 198 valence electrons. The largest absolute Gasteiger partial charge is 0.253 e. The van der Waals surface area contributed by atoms with Crippen LogP contribution in [0.1, 0.15) is 87.8 Å². The van der Waals surface area contributed by atoms with E-state index < -0.39 is 0 Å². The Bertz CT molecular complexity index is 1180. The maximum atomic E-state index is 4.79. The molecule has 0 N–H and O–H groups in total. The summed E-state index contributed by atoms with van der Waals surface area (Å²) >= 11 is 0. The molecule has 0 bridgehead atoms. The Morgan fingerprint density at radius 1 is 0.500 bits per heavy atom. The van der Waals surface area contributed by atoms with Gasteiger partial charge in [-0.05, 0) is 55.5 Å². The van der Waals surface area contributed by atoms with Crippen LogP contribution in [-0.4, -0.2) is 24.9 Å². The first-order chi connectivity index (χ1) is 18.6. The highest BCUT2D eigenvalue weighted by atomic mass is 15.1. The molecule has 5 heteroatoms. The Kier molecular flexibility index (Phi) is 10.5. The molecule has 0 unspecified atom stereocenters. The molecule has 0 atom stereocenters. The molecule has 3 aromatic heterocycles. The fourth-order valence-corrected chi connectivity index (χ4v) is 4.57. The van der Waals surface area contributed by atoms with E-state index in [9.17, 15) is 0 Å². The molecule has 0 fully saturated rings. The van der Waals surface area contributed by atoms with Gasteiger partial charge in [0.25, 0.3) is 0 Å². The third kappa shape index (κ3) is 8.27. The van der Waals surface area contributed by atoms with E-state index >= 15 is 0 Å². The molecule has 0 aliphatic rings. The van der Waals surface area contributed by atoms with E-state index in [1.807, 2.05) is 50.5 Å². The number of aromatic nitrogens is 5. The minimum absolute atomic E-state index is 0.557. The Hall–Kier alpha value is -3.47. The second-order valence-electron chi connectivity index (χ2n) is 10.4. The average molecular weight is 508 g/mol. The number of pyridine rings is 2. The van der Waals surface area contributed by atoms with Crippen LogP contribution >= 0.6 is 0 Å². The van der Waals surface area contributed by atoms with Crippen molar-refractivity contribution in [3.05, 3.63) is 77.6 Å². The zero-order valence-electron chi connectivity index (χ0n) is 23.3. The standard InChI is InChI=1S/C33H41N5/c1-4-5-6-7-8-9-10-11-12-13-14-27-17-19-28(20-18-27)31-36-32(29-21-15-25(2)23-34-29)38-33(37-31)30-22-16-26(3)24-35-30/h15-24H,4-14H2,1-3H3. The van der Waals surface area contributed by atoms with Crippen molar-refractivity contribution < 1.29 is 0 Å². The number of aryl methyl sites for hydroxylation is 3. The van der Waals surface area contributed by atoms with Crippen molar-refractivity contribution in [3.63, 3.8) is 0 Å².